The van der Waals surface area contributed by atoms with Crippen LogP contribution in [0.3, 0.4) is 0 Å². The van der Waals surface area contributed by atoms with Gasteiger partial charge in [0.2, 0.25) is 0 Å². The number of nitrogens with zero attached hydrogens (tertiary/aromatic N) is 5. The molecule has 2 N–H and O–H groups in total. The molecule has 150 valence electrons. The lowest BCUT2D eigenvalue weighted by molar-refractivity contribution is 0.158. The number of hydrogen-bond acceptors (Lipinski definition) is 5. The average Bonchev–Trinajstić information content (AvgIpc) is 3.29. The molecule has 0 unspecified atom stereocenters. The summed E-state index contributed by atoms with van der Waals surface area (Å²) in [6, 6.07) is 6.07. The van der Waals surface area contributed by atoms with Crippen molar-refractivity contribution < 1.29 is 9.18 Å². The Morgan fingerprint density at radius 1 is 1.31 bits per heavy atom. The number of fused-ring (bicyclic) bond motifs is 1. The number of halogens is 2. The number of hydrogen-bond donors (Lipinski definition) is 2. The van der Waals surface area contributed by atoms with Crippen molar-refractivity contribution >= 4 is 34.8 Å². The van der Waals surface area contributed by atoms with E-state index in [1.807, 2.05) is 6.07 Å². The van der Waals surface area contributed by atoms with E-state index < -0.39 is 0 Å². The molecule has 2 saturated heterocycles. The summed E-state index contributed by atoms with van der Waals surface area (Å²) in [5, 5.41) is 10.7. The predicted octanol–water partition coefficient (Wildman–Crippen LogP) is 3.22. The van der Waals surface area contributed by atoms with E-state index >= 15 is 0 Å². The number of urea groups is 1. The number of anilines is 2. The summed E-state index contributed by atoms with van der Waals surface area (Å²) in [6.45, 7) is 1.83. The van der Waals surface area contributed by atoms with Crippen molar-refractivity contribution in [1.82, 2.24) is 24.8 Å². The Morgan fingerprint density at radius 3 is 2.97 bits per heavy atom. The molecular formula is C19H19ClFN7O. The van der Waals surface area contributed by atoms with Crippen molar-refractivity contribution in [3.05, 3.63) is 53.1 Å². The predicted molar refractivity (Wildman–Crippen MR) is 107 cm³/mol. The first kappa shape index (κ1) is 18.1. The van der Waals surface area contributed by atoms with Crippen molar-refractivity contribution in [3.8, 4) is 0 Å². The highest BCUT2D eigenvalue weighted by molar-refractivity contribution is 6.31. The van der Waals surface area contributed by atoms with Crippen LogP contribution in [0.15, 0.2) is 36.7 Å². The molecule has 8 nitrogen and oxygen atoms in total. The topological polar surface area (TPSA) is 77.8 Å². The van der Waals surface area contributed by atoms with Crippen LogP contribution in [0.25, 0.3) is 5.65 Å². The van der Waals surface area contributed by atoms with Gasteiger partial charge in [0.05, 0.1) is 25.6 Å². The van der Waals surface area contributed by atoms with Gasteiger partial charge >= 0.3 is 6.03 Å². The summed E-state index contributed by atoms with van der Waals surface area (Å²) in [6.07, 6.45) is 5.21. The molecule has 1 aromatic carbocycles. The second-order valence-corrected chi connectivity index (χ2v) is 7.57. The molecule has 0 bridgehead atoms. The lowest BCUT2D eigenvalue weighted by Crippen LogP contribution is -2.56. The summed E-state index contributed by atoms with van der Waals surface area (Å²) in [5.74, 6) is 0.433. The number of aromatic nitrogens is 3. The fourth-order valence-corrected chi connectivity index (χ4v) is 4.05. The Hall–Kier alpha value is -2.91. The standard InChI is InChI=1S/C19H19ClFN7O/c20-14-4-3-12(21)8-13(14)16-2-1-6-27(16)17-5-7-28-18(25-17)15(9-23-28)24-19(29)26-10-22-11-26/h3-5,7-9,16,22H,1-2,6,10-11H2,(H,24,29)/t16-/m1/s1. The molecular weight excluding hydrogens is 397 g/mol. The highest BCUT2D eigenvalue weighted by atomic mass is 35.5. The van der Waals surface area contributed by atoms with Crippen LogP contribution < -0.4 is 15.5 Å². The number of nitrogens with one attached hydrogen (secondary N) is 2. The maximum Gasteiger partial charge on any atom is 0.324 e. The van der Waals surface area contributed by atoms with Gasteiger partial charge in [-0.1, -0.05) is 11.6 Å². The van der Waals surface area contributed by atoms with Gasteiger partial charge in [-0.3, -0.25) is 10.2 Å². The van der Waals surface area contributed by atoms with Crippen LogP contribution in [0, 0.1) is 5.82 Å². The summed E-state index contributed by atoms with van der Waals surface area (Å²) < 4.78 is 15.4. The highest BCUT2D eigenvalue weighted by Gasteiger charge is 2.29. The molecule has 29 heavy (non-hydrogen) atoms. The van der Waals surface area contributed by atoms with E-state index in [0.29, 0.717) is 29.7 Å². The van der Waals surface area contributed by atoms with Crippen molar-refractivity contribution in [2.75, 3.05) is 30.1 Å². The van der Waals surface area contributed by atoms with Gasteiger partial charge in [0.25, 0.3) is 0 Å². The second kappa shape index (κ2) is 7.16. The highest BCUT2D eigenvalue weighted by Crippen LogP contribution is 2.38. The van der Waals surface area contributed by atoms with Gasteiger partial charge in [-0.2, -0.15) is 5.10 Å². The summed E-state index contributed by atoms with van der Waals surface area (Å²) in [7, 11) is 0. The summed E-state index contributed by atoms with van der Waals surface area (Å²) in [4.78, 5) is 20.7. The molecule has 1 atom stereocenters. The first-order valence-corrected chi connectivity index (χ1v) is 9.80. The maximum atomic E-state index is 13.8. The van der Waals surface area contributed by atoms with E-state index in [1.165, 1.54) is 12.1 Å². The molecule has 10 heteroatoms. The van der Waals surface area contributed by atoms with Crippen LogP contribution in [-0.4, -0.2) is 45.4 Å². The lowest BCUT2D eigenvalue weighted by atomic mass is 10.0. The monoisotopic (exact) mass is 415 g/mol. The minimum absolute atomic E-state index is 0.0544. The molecule has 3 aromatic rings. The van der Waals surface area contributed by atoms with Crippen LogP contribution in [0.2, 0.25) is 5.02 Å². The third-order valence-corrected chi connectivity index (χ3v) is 5.70. The van der Waals surface area contributed by atoms with Gasteiger partial charge < -0.3 is 10.2 Å². The minimum atomic E-state index is -0.305. The van der Waals surface area contributed by atoms with Gasteiger partial charge in [-0.05, 0) is 42.7 Å². The molecule has 2 amide bonds. The Balaban J connectivity index is 1.47. The van der Waals surface area contributed by atoms with Crippen LogP contribution in [0.5, 0.6) is 0 Å². The van der Waals surface area contributed by atoms with E-state index in [9.17, 15) is 9.18 Å². The molecule has 0 radical (unpaired) electrons. The normalized spacial score (nSPS) is 18.9. The van der Waals surface area contributed by atoms with Crippen molar-refractivity contribution in [1.29, 1.82) is 0 Å². The molecule has 2 aliphatic rings. The van der Waals surface area contributed by atoms with E-state index in [2.05, 4.69) is 20.6 Å². The number of amides is 2. The molecule has 2 aliphatic heterocycles. The number of benzene rings is 1. The third-order valence-electron chi connectivity index (χ3n) is 5.35. The lowest BCUT2D eigenvalue weighted by Gasteiger charge is -2.31. The molecule has 2 aromatic heterocycles. The quantitative estimate of drug-likeness (QED) is 0.686. The Morgan fingerprint density at radius 2 is 2.17 bits per heavy atom. The molecule has 0 aliphatic carbocycles. The van der Waals surface area contributed by atoms with Crippen LogP contribution in [-0.2, 0) is 0 Å². The minimum Gasteiger partial charge on any atom is -0.349 e. The van der Waals surface area contributed by atoms with E-state index in [4.69, 9.17) is 16.6 Å². The largest absolute Gasteiger partial charge is 0.349 e. The average molecular weight is 416 g/mol. The van der Waals surface area contributed by atoms with Gasteiger partial charge in [0, 0.05) is 17.8 Å². The molecule has 5 rings (SSSR count). The zero-order chi connectivity index (χ0) is 20.0. The summed E-state index contributed by atoms with van der Waals surface area (Å²) in [5.41, 5.74) is 1.86. The second-order valence-electron chi connectivity index (χ2n) is 7.17. The van der Waals surface area contributed by atoms with E-state index in [-0.39, 0.29) is 17.9 Å². The Bertz CT molecular complexity index is 1080. The molecule has 0 spiro atoms. The van der Waals surface area contributed by atoms with Crippen molar-refractivity contribution in [2.45, 2.75) is 18.9 Å². The SMILES string of the molecule is O=C(Nc1cnn2ccc(N3CCC[C@@H]3c3cc(F)ccc3Cl)nc12)N1CNC1. The van der Waals surface area contributed by atoms with Crippen LogP contribution in [0.4, 0.5) is 20.7 Å². The van der Waals surface area contributed by atoms with Gasteiger partial charge in [-0.15, -0.1) is 0 Å². The van der Waals surface area contributed by atoms with Crippen molar-refractivity contribution in [3.63, 3.8) is 0 Å². The summed E-state index contributed by atoms with van der Waals surface area (Å²) >= 11 is 6.35. The van der Waals surface area contributed by atoms with Crippen LogP contribution in [0.1, 0.15) is 24.4 Å². The van der Waals surface area contributed by atoms with Gasteiger partial charge in [-0.25, -0.2) is 18.7 Å². The van der Waals surface area contributed by atoms with Crippen LogP contribution >= 0.6 is 11.6 Å². The number of carbonyl (C=O) groups excluding carboxylic acids is 1. The van der Waals surface area contributed by atoms with Gasteiger partial charge in [0.15, 0.2) is 5.65 Å². The number of rotatable bonds is 3. The Kier molecular flexibility index (Phi) is 4.48. The van der Waals surface area contributed by atoms with E-state index in [0.717, 1.165) is 30.8 Å². The van der Waals surface area contributed by atoms with Crippen molar-refractivity contribution in [2.24, 2.45) is 0 Å². The maximum absolute atomic E-state index is 13.8. The van der Waals surface area contributed by atoms with E-state index in [1.54, 1.807) is 27.9 Å². The first-order chi connectivity index (χ1) is 14.1. The smallest absolute Gasteiger partial charge is 0.324 e. The fourth-order valence-electron chi connectivity index (χ4n) is 3.80. The molecule has 2 fully saturated rings. The Labute approximate surface area is 171 Å². The van der Waals surface area contributed by atoms with Gasteiger partial charge in [0.1, 0.15) is 17.3 Å². The number of carbonyl (C=O) groups is 1. The first-order valence-electron chi connectivity index (χ1n) is 9.43. The third kappa shape index (κ3) is 3.26. The fraction of sp³-hybridized carbons (Fsp3) is 0.316. The molecule has 4 heterocycles. The zero-order valence-electron chi connectivity index (χ0n) is 15.5. The zero-order valence-corrected chi connectivity index (χ0v) is 16.2. The molecule has 0 saturated carbocycles.